The number of fused-ring (bicyclic) bond motifs is 1. The van der Waals surface area contributed by atoms with Crippen LogP contribution in [0.1, 0.15) is 68.6 Å². The summed E-state index contributed by atoms with van der Waals surface area (Å²) in [6, 6.07) is 5.67. The van der Waals surface area contributed by atoms with Gasteiger partial charge in [0.25, 0.3) is 0 Å². The van der Waals surface area contributed by atoms with Crippen LogP contribution in [-0.4, -0.2) is 34.9 Å². The fourth-order valence-corrected chi connectivity index (χ4v) is 4.75. The fraction of sp³-hybridized carbons (Fsp3) is 0.619. The Labute approximate surface area is 159 Å². The van der Waals surface area contributed by atoms with E-state index in [0.717, 1.165) is 29.6 Å². The van der Waals surface area contributed by atoms with E-state index in [1.54, 1.807) is 0 Å². The maximum Gasteiger partial charge on any atom is 0.308 e. The third kappa shape index (κ3) is 4.83. The summed E-state index contributed by atoms with van der Waals surface area (Å²) in [5.74, 6) is 0.132. The second-order valence-electron chi connectivity index (χ2n) is 7.30. The van der Waals surface area contributed by atoms with Crippen LogP contribution < -0.4 is 4.87 Å². The standard InChI is InChI=1S/C21H30N2O2S/c1-2-19(24)17-10-11-18-20(16-17)26-21(25)23(18)15-9-5-8-14-22-12-6-3-4-7-13-22/h10-11,16H,2-9,12-15H2,1H3. The molecule has 4 nitrogen and oxygen atoms in total. The number of aromatic nitrogens is 1. The number of Topliss-reactive ketones (excluding diaryl/α,β-unsaturated/α-hetero) is 1. The van der Waals surface area contributed by atoms with Gasteiger partial charge < -0.3 is 4.90 Å². The Morgan fingerprint density at radius 2 is 1.77 bits per heavy atom. The molecule has 1 aliphatic rings. The summed E-state index contributed by atoms with van der Waals surface area (Å²) >= 11 is 1.26. The molecule has 0 spiro atoms. The van der Waals surface area contributed by atoms with Crippen molar-refractivity contribution < 1.29 is 4.79 Å². The quantitative estimate of drug-likeness (QED) is 0.497. The second-order valence-corrected chi connectivity index (χ2v) is 8.29. The van der Waals surface area contributed by atoms with Gasteiger partial charge in [0.2, 0.25) is 0 Å². The topological polar surface area (TPSA) is 42.3 Å². The van der Waals surface area contributed by atoms with Gasteiger partial charge in [-0.15, -0.1) is 0 Å². The van der Waals surface area contributed by atoms with Crippen LogP contribution in [0.3, 0.4) is 0 Å². The smallest absolute Gasteiger partial charge is 0.303 e. The Morgan fingerprint density at radius 3 is 2.50 bits per heavy atom. The molecule has 0 bridgehead atoms. The van der Waals surface area contributed by atoms with Crippen molar-refractivity contribution in [3.8, 4) is 0 Å². The number of likely N-dealkylation sites (tertiary alicyclic amines) is 1. The number of nitrogens with zero attached hydrogens (tertiary/aromatic N) is 2. The van der Waals surface area contributed by atoms with Crippen LogP contribution in [0.15, 0.2) is 23.0 Å². The van der Waals surface area contributed by atoms with Gasteiger partial charge in [-0.25, -0.2) is 0 Å². The molecular formula is C21H30N2O2S. The van der Waals surface area contributed by atoms with Crippen LogP contribution in [0.2, 0.25) is 0 Å². The van der Waals surface area contributed by atoms with Crippen LogP contribution in [-0.2, 0) is 6.54 Å². The molecule has 5 heteroatoms. The second kappa shape index (κ2) is 9.47. The summed E-state index contributed by atoms with van der Waals surface area (Å²) in [5, 5.41) is 0. The number of hydrogen-bond acceptors (Lipinski definition) is 4. The van der Waals surface area contributed by atoms with Crippen molar-refractivity contribution in [1.29, 1.82) is 0 Å². The summed E-state index contributed by atoms with van der Waals surface area (Å²) in [7, 11) is 0. The predicted octanol–water partition coefficient (Wildman–Crippen LogP) is 4.70. The Kier molecular flexibility index (Phi) is 7.03. The Morgan fingerprint density at radius 1 is 1.04 bits per heavy atom. The molecule has 0 atom stereocenters. The summed E-state index contributed by atoms with van der Waals surface area (Å²) in [6.45, 7) is 6.36. The van der Waals surface area contributed by atoms with Gasteiger partial charge in [-0.1, -0.05) is 37.5 Å². The van der Waals surface area contributed by atoms with Crippen molar-refractivity contribution in [3.05, 3.63) is 33.4 Å². The first-order valence-electron chi connectivity index (χ1n) is 10.1. The third-order valence-electron chi connectivity index (χ3n) is 5.37. The van der Waals surface area contributed by atoms with Gasteiger partial charge in [-0.3, -0.25) is 14.2 Å². The van der Waals surface area contributed by atoms with Gasteiger partial charge in [0.15, 0.2) is 5.78 Å². The average Bonchev–Trinajstić information content (AvgIpc) is 2.81. The van der Waals surface area contributed by atoms with Gasteiger partial charge >= 0.3 is 4.87 Å². The highest BCUT2D eigenvalue weighted by atomic mass is 32.1. The fourth-order valence-electron chi connectivity index (χ4n) is 3.80. The molecule has 1 fully saturated rings. The van der Waals surface area contributed by atoms with Crippen LogP contribution in [0, 0.1) is 0 Å². The van der Waals surface area contributed by atoms with E-state index in [4.69, 9.17) is 0 Å². The van der Waals surface area contributed by atoms with E-state index in [0.29, 0.717) is 12.0 Å². The number of unbranched alkanes of at least 4 members (excludes halogenated alkanes) is 2. The first-order chi connectivity index (χ1) is 12.7. The van der Waals surface area contributed by atoms with E-state index in [-0.39, 0.29) is 10.7 Å². The van der Waals surface area contributed by atoms with Crippen LogP contribution in [0.5, 0.6) is 0 Å². The molecule has 3 rings (SSSR count). The third-order valence-corrected chi connectivity index (χ3v) is 6.31. The number of thiazole rings is 1. The van der Waals surface area contributed by atoms with Crippen molar-refractivity contribution in [2.75, 3.05) is 19.6 Å². The molecule has 0 N–H and O–H groups in total. The lowest BCUT2D eigenvalue weighted by atomic mass is 10.1. The zero-order valence-electron chi connectivity index (χ0n) is 15.8. The molecule has 2 aromatic rings. The molecule has 1 saturated heterocycles. The zero-order chi connectivity index (χ0) is 18.4. The zero-order valence-corrected chi connectivity index (χ0v) is 16.7. The highest BCUT2D eigenvalue weighted by Crippen LogP contribution is 2.20. The predicted molar refractivity (Wildman–Crippen MR) is 109 cm³/mol. The largest absolute Gasteiger partial charge is 0.308 e. The van der Waals surface area contributed by atoms with E-state index >= 15 is 0 Å². The molecular weight excluding hydrogens is 344 g/mol. The molecule has 1 aliphatic heterocycles. The van der Waals surface area contributed by atoms with Crippen molar-refractivity contribution in [2.45, 2.75) is 64.8 Å². The lowest BCUT2D eigenvalue weighted by Gasteiger charge is -2.19. The lowest BCUT2D eigenvalue weighted by molar-refractivity contribution is 0.0988. The summed E-state index contributed by atoms with van der Waals surface area (Å²) < 4.78 is 2.81. The minimum absolute atomic E-state index is 0.0913. The van der Waals surface area contributed by atoms with Gasteiger partial charge in [-0.2, -0.15) is 0 Å². The highest BCUT2D eigenvalue weighted by molar-refractivity contribution is 7.16. The van der Waals surface area contributed by atoms with E-state index < -0.39 is 0 Å². The molecule has 1 aromatic heterocycles. The molecule has 0 saturated carbocycles. The Bertz CT molecular complexity index is 785. The number of carbonyl (C=O) groups is 1. The molecule has 2 heterocycles. The van der Waals surface area contributed by atoms with Crippen LogP contribution >= 0.6 is 11.3 Å². The maximum atomic E-state index is 12.3. The normalized spacial score (nSPS) is 16.0. The van der Waals surface area contributed by atoms with Crippen LogP contribution in [0.4, 0.5) is 0 Å². The molecule has 0 amide bonds. The summed E-state index contributed by atoms with van der Waals surface area (Å²) in [4.78, 5) is 26.9. The van der Waals surface area contributed by atoms with E-state index in [9.17, 15) is 9.59 Å². The lowest BCUT2D eigenvalue weighted by Crippen LogP contribution is -2.25. The minimum atomic E-state index is 0.0913. The Balaban J connectivity index is 1.53. The molecule has 142 valence electrons. The van der Waals surface area contributed by atoms with Gasteiger partial charge in [-0.05, 0) is 63.5 Å². The van der Waals surface area contributed by atoms with Gasteiger partial charge in [0.1, 0.15) is 0 Å². The number of ketones is 1. The van der Waals surface area contributed by atoms with E-state index in [1.807, 2.05) is 29.7 Å². The molecule has 26 heavy (non-hydrogen) atoms. The summed E-state index contributed by atoms with van der Waals surface area (Å²) in [5.41, 5.74) is 1.69. The van der Waals surface area contributed by atoms with Gasteiger partial charge in [0, 0.05) is 18.5 Å². The Hall–Kier alpha value is -1.46. The van der Waals surface area contributed by atoms with Crippen molar-refractivity contribution in [3.63, 3.8) is 0 Å². The number of rotatable bonds is 8. The van der Waals surface area contributed by atoms with Crippen molar-refractivity contribution in [1.82, 2.24) is 9.47 Å². The first kappa shape index (κ1) is 19.3. The van der Waals surface area contributed by atoms with Gasteiger partial charge in [0.05, 0.1) is 10.2 Å². The number of hydrogen-bond donors (Lipinski definition) is 0. The number of carbonyl (C=O) groups excluding carboxylic acids is 1. The monoisotopic (exact) mass is 374 g/mol. The van der Waals surface area contributed by atoms with E-state index in [1.165, 1.54) is 63.1 Å². The maximum absolute atomic E-state index is 12.3. The number of aryl methyl sites for hydroxylation is 1. The average molecular weight is 375 g/mol. The van der Waals surface area contributed by atoms with E-state index in [2.05, 4.69) is 4.90 Å². The van der Waals surface area contributed by atoms with Crippen LogP contribution in [0.25, 0.3) is 10.2 Å². The molecule has 0 unspecified atom stereocenters. The first-order valence-corrected chi connectivity index (χ1v) is 10.9. The van der Waals surface area contributed by atoms with Crippen molar-refractivity contribution >= 4 is 27.3 Å². The minimum Gasteiger partial charge on any atom is -0.303 e. The highest BCUT2D eigenvalue weighted by Gasteiger charge is 2.11. The molecule has 0 radical (unpaired) electrons. The molecule has 1 aromatic carbocycles. The number of benzene rings is 1. The van der Waals surface area contributed by atoms with Crippen molar-refractivity contribution in [2.24, 2.45) is 0 Å². The molecule has 0 aliphatic carbocycles. The summed E-state index contributed by atoms with van der Waals surface area (Å²) in [6.07, 6.45) is 9.37. The SMILES string of the molecule is CCC(=O)c1ccc2c(c1)sc(=O)n2CCCCCN1CCCCCC1.